The number of nitrogens with one attached hydrogen (secondary N) is 2. The van der Waals surface area contributed by atoms with Gasteiger partial charge in [0.05, 0.1) is 19.3 Å². The van der Waals surface area contributed by atoms with Crippen LogP contribution in [0.2, 0.25) is 0 Å². The van der Waals surface area contributed by atoms with Gasteiger partial charge in [-0.05, 0) is 44.4 Å². The molecule has 5 heteroatoms. The number of benzene rings is 1. The average Bonchev–Trinajstić information content (AvgIpc) is 2.47. The van der Waals surface area contributed by atoms with Gasteiger partial charge in [-0.15, -0.1) is 0 Å². The zero-order chi connectivity index (χ0) is 15.2. The van der Waals surface area contributed by atoms with Gasteiger partial charge in [-0.2, -0.15) is 0 Å². The number of amides is 1. The van der Waals surface area contributed by atoms with Gasteiger partial charge in [0, 0.05) is 13.1 Å². The van der Waals surface area contributed by atoms with E-state index in [1.165, 1.54) is 0 Å². The number of piperidine rings is 1. The quantitative estimate of drug-likeness (QED) is 0.840. The number of hydrogen-bond acceptors (Lipinski definition) is 4. The van der Waals surface area contributed by atoms with E-state index in [0.29, 0.717) is 6.54 Å². The first kappa shape index (κ1) is 15.6. The number of carbonyl (C=O) groups is 1. The van der Waals surface area contributed by atoms with Crippen molar-refractivity contribution in [1.29, 1.82) is 0 Å². The molecule has 1 aromatic carbocycles. The van der Waals surface area contributed by atoms with Gasteiger partial charge in [0.25, 0.3) is 0 Å². The van der Waals surface area contributed by atoms with Gasteiger partial charge in [-0.3, -0.25) is 4.79 Å². The third kappa shape index (κ3) is 4.36. The number of rotatable bonds is 6. The molecule has 2 rings (SSSR count). The molecule has 0 bridgehead atoms. The molecule has 2 N–H and O–H groups in total. The Labute approximate surface area is 126 Å². The summed E-state index contributed by atoms with van der Waals surface area (Å²) in [6.45, 7) is 5.38. The fraction of sp³-hybridized carbons (Fsp3) is 0.562. The van der Waals surface area contributed by atoms with Crippen LogP contribution in [0.1, 0.15) is 32.3 Å². The zero-order valence-corrected chi connectivity index (χ0v) is 12.9. The Kier molecular flexibility index (Phi) is 5.44. The molecule has 1 aromatic rings. The van der Waals surface area contributed by atoms with Gasteiger partial charge < -0.3 is 20.1 Å². The van der Waals surface area contributed by atoms with Gasteiger partial charge in [0.1, 0.15) is 0 Å². The monoisotopic (exact) mass is 292 g/mol. The molecule has 116 valence electrons. The predicted octanol–water partition coefficient (Wildman–Crippen LogP) is 1.85. The van der Waals surface area contributed by atoms with Crippen LogP contribution in [0, 0.1) is 0 Å². The second-order valence-electron chi connectivity index (χ2n) is 5.52. The summed E-state index contributed by atoms with van der Waals surface area (Å²) in [6, 6.07) is 5.76. The molecule has 1 saturated heterocycles. The van der Waals surface area contributed by atoms with Gasteiger partial charge in [-0.25, -0.2) is 0 Å². The SMILES string of the molecule is COc1cc(CNC2CCCNC2=O)ccc1OC(C)C. The summed E-state index contributed by atoms with van der Waals surface area (Å²) in [7, 11) is 1.63. The molecule has 21 heavy (non-hydrogen) atoms. The van der Waals surface area contributed by atoms with Crippen molar-refractivity contribution in [3.63, 3.8) is 0 Å². The first-order chi connectivity index (χ1) is 10.1. The Bertz CT molecular complexity index is 488. The van der Waals surface area contributed by atoms with Crippen molar-refractivity contribution in [2.24, 2.45) is 0 Å². The first-order valence-electron chi connectivity index (χ1n) is 7.45. The minimum atomic E-state index is -0.101. The Morgan fingerprint density at radius 2 is 2.19 bits per heavy atom. The maximum atomic E-state index is 11.7. The second-order valence-corrected chi connectivity index (χ2v) is 5.52. The molecular formula is C16H24N2O3. The molecule has 0 radical (unpaired) electrons. The third-order valence-electron chi connectivity index (χ3n) is 3.43. The third-order valence-corrected chi connectivity index (χ3v) is 3.43. The van der Waals surface area contributed by atoms with Crippen molar-refractivity contribution in [2.75, 3.05) is 13.7 Å². The smallest absolute Gasteiger partial charge is 0.237 e. The van der Waals surface area contributed by atoms with E-state index >= 15 is 0 Å². The normalized spacial score (nSPS) is 18.5. The summed E-state index contributed by atoms with van der Waals surface area (Å²) in [6.07, 6.45) is 2.01. The molecule has 1 unspecified atom stereocenters. The summed E-state index contributed by atoms with van der Waals surface area (Å²) < 4.78 is 11.1. The van der Waals surface area contributed by atoms with Crippen LogP contribution in [0.3, 0.4) is 0 Å². The van der Waals surface area contributed by atoms with Crippen LogP contribution in [0.15, 0.2) is 18.2 Å². The summed E-state index contributed by atoms with van der Waals surface area (Å²) in [5.41, 5.74) is 1.07. The van der Waals surface area contributed by atoms with E-state index in [1.807, 2.05) is 32.0 Å². The van der Waals surface area contributed by atoms with Gasteiger partial charge in [0.2, 0.25) is 5.91 Å². The Morgan fingerprint density at radius 3 is 2.86 bits per heavy atom. The first-order valence-corrected chi connectivity index (χ1v) is 7.45. The van der Waals surface area contributed by atoms with Crippen LogP contribution in [-0.2, 0) is 11.3 Å². The largest absolute Gasteiger partial charge is 0.493 e. The number of carbonyl (C=O) groups excluding carboxylic acids is 1. The van der Waals surface area contributed by atoms with E-state index in [2.05, 4.69) is 10.6 Å². The zero-order valence-electron chi connectivity index (χ0n) is 12.9. The van der Waals surface area contributed by atoms with E-state index in [9.17, 15) is 4.79 Å². The molecule has 1 amide bonds. The van der Waals surface area contributed by atoms with Crippen LogP contribution in [0.4, 0.5) is 0 Å². The Hall–Kier alpha value is -1.75. The van der Waals surface area contributed by atoms with Crippen molar-refractivity contribution in [1.82, 2.24) is 10.6 Å². The lowest BCUT2D eigenvalue weighted by molar-refractivity contribution is -0.124. The van der Waals surface area contributed by atoms with Gasteiger partial charge in [-0.1, -0.05) is 6.07 Å². The van der Waals surface area contributed by atoms with E-state index < -0.39 is 0 Å². The Morgan fingerprint density at radius 1 is 1.38 bits per heavy atom. The molecule has 1 heterocycles. The number of methoxy groups -OCH3 is 1. The van der Waals surface area contributed by atoms with Crippen LogP contribution in [0.25, 0.3) is 0 Å². The molecule has 1 fully saturated rings. The highest BCUT2D eigenvalue weighted by Gasteiger charge is 2.21. The number of ether oxygens (including phenoxy) is 2. The topological polar surface area (TPSA) is 59.6 Å². The van der Waals surface area contributed by atoms with Crippen molar-refractivity contribution in [3.8, 4) is 11.5 Å². The molecule has 1 aliphatic rings. The minimum absolute atomic E-state index is 0.0907. The van der Waals surface area contributed by atoms with Gasteiger partial charge >= 0.3 is 0 Å². The predicted molar refractivity (Wildman–Crippen MR) is 81.6 cm³/mol. The lowest BCUT2D eigenvalue weighted by atomic mass is 10.1. The summed E-state index contributed by atoms with van der Waals surface area (Å²) >= 11 is 0. The highest BCUT2D eigenvalue weighted by molar-refractivity contribution is 5.82. The maximum absolute atomic E-state index is 11.7. The molecule has 0 aliphatic carbocycles. The highest BCUT2D eigenvalue weighted by Crippen LogP contribution is 2.29. The van der Waals surface area contributed by atoms with Crippen molar-refractivity contribution in [2.45, 2.75) is 45.4 Å². The summed E-state index contributed by atoms with van der Waals surface area (Å²) in [5, 5.41) is 6.17. The molecular weight excluding hydrogens is 268 g/mol. The highest BCUT2D eigenvalue weighted by atomic mass is 16.5. The van der Waals surface area contributed by atoms with Gasteiger partial charge in [0.15, 0.2) is 11.5 Å². The molecule has 1 aliphatic heterocycles. The molecule has 0 spiro atoms. The lowest BCUT2D eigenvalue weighted by Crippen LogP contribution is -2.47. The molecule has 1 atom stereocenters. The molecule has 5 nitrogen and oxygen atoms in total. The second kappa shape index (κ2) is 7.31. The van der Waals surface area contributed by atoms with Crippen LogP contribution in [0.5, 0.6) is 11.5 Å². The van der Waals surface area contributed by atoms with Crippen molar-refractivity contribution in [3.05, 3.63) is 23.8 Å². The van der Waals surface area contributed by atoms with E-state index in [-0.39, 0.29) is 18.1 Å². The molecule has 0 saturated carbocycles. The fourth-order valence-corrected chi connectivity index (χ4v) is 2.38. The minimum Gasteiger partial charge on any atom is -0.493 e. The number of hydrogen-bond donors (Lipinski definition) is 2. The maximum Gasteiger partial charge on any atom is 0.237 e. The summed E-state index contributed by atoms with van der Waals surface area (Å²) in [5.74, 6) is 1.55. The fourth-order valence-electron chi connectivity index (χ4n) is 2.38. The molecule has 0 aromatic heterocycles. The summed E-state index contributed by atoms with van der Waals surface area (Å²) in [4.78, 5) is 11.7. The van der Waals surface area contributed by atoms with Crippen molar-refractivity contribution < 1.29 is 14.3 Å². The van der Waals surface area contributed by atoms with E-state index in [4.69, 9.17) is 9.47 Å². The van der Waals surface area contributed by atoms with Crippen LogP contribution in [-0.4, -0.2) is 31.7 Å². The van der Waals surface area contributed by atoms with E-state index in [0.717, 1.165) is 36.4 Å². The van der Waals surface area contributed by atoms with E-state index in [1.54, 1.807) is 7.11 Å². The average molecular weight is 292 g/mol. The van der Waals surface area contributed by atoms with Crippen LogP contribution >= 0.6 is 0 Å². The lowest BCUT2D eigenvalue weighted by Gasteiger charge is -2.23. The van der Waals surface area contributed by atoms with Crippen molar-refractivity contribution >= 4 is 5.91 Å². The standard InChI is InChI=1S/C16H24N2O3/c1-11(2)21-14-7-6-12(9-15(14)20-3)10-18-13-5-4-8-17-16(13)19/h6-7,9,11,13,18H,4-5,8,10H2,1-3H3,(H,17,19). The van der Waals surface area contributed by atoms with Crippen LogP contribution < -0.4 is 20.1 Å². The Balaban J connectivity index is 1.98.